The van der Waals surface area contributed by atoms with Crippen molar-refractivity contribution in [2.75, 3.05) is 79.1 Å². The predicted molar refractivity (Wildman–Crippen MR) is 252 cm³/mol. The number of likely N-dealkylation sites (tertiary alicyclic amines) is 1. The third-order valence-electron chi connectivity index (χ3n) is 17.7. The minimum absolute atomic E-state index is 0.0210. The van der Waals surface area contributed by atoms with E-state index in [0.29, 0.717) is 63.1 Å². The summed E-state index contributed by atoms with van der Waals surface area (Å²) >= 11 is 0. The molecule has 1 aliphatic carbocycles. The van der Waals surface area contributed by atoms with Gasteiger partial charge in [0.2, 0.25) is 5.60 Å². The number of amides is 2. The van der Waals surface area contributed by atoms with Crippen molar-refractivity contribution < 1.29 is 43.2 Å². The number of esters is 3. The van der Waals surface area contributed by atoms with Crippen LogP contribution >= 0.6 is 0 Å². The minimum Gasteiger partial charge on any atom is -0.496 e. The molecule has 7 aliphatic rings. The first-order valence-corrected chi connectivity index (χ1v) is 24.5. The molecule has 15 heteroatoms. The molecule has 3 N–H and O–H groups in total. The van der Waals surface area contributed by atoms with Gasteiger partial charge < -0.3 is 49.1 Å². The van der Waals surface area contributed by atoms with E-state index in [4.69, 9.17) is 18.9 Å². The van der Waals surface area contributed by atoms with Crippen molar-refractivity contribution >= 4 is 40.5 Å². The lowest BCUT2D eigenvalue weighted by molar-refractivity contribution is -0.228. The van der Waals surface area contributed by atoms with Gasteiger partial charge in [-0.2, -0.15) is 0 Å². The van der Waals surface area contributed by atoms with E-state index >= 15 is 4.79 Å². The number of fused-ring (bicyclic) bond motifs is 6. The maximum Gasteiger partial charge on any atom is 0.344 e. The number of carbonyl (C=O) groups excluding carboxylic acids is 4. The number of nitrogens with zero attached hydrogens (tertiary/aromatic N) is 4. The van der Waals surface area contributed by atoms with Gasteiger partial charge in [0, 0.05) is 104 Å². The van der Waals surface area contributed by atoms with Crippen LogP contribution in [0.4, 0.5) is 10.5 Å². The molecular weight excluding hydrogens is 853 g/mol. The number of H-pyrrole nitrogens is 1. The Balaban J connectivity index is 1.21. The Hall–Kier alpha value is -5.12. The second-order valence-electron chi connectivity index (χ2n) is 20.7. The number of aromatic nitrogens is 1. The Kier molecular flexibility index (Phi) is 11.3. The number of nitrogens with one attached hydrogen (secondary N) is 2. The van der Waals surface area contributed by atoms with Gasteiger partial charge in [-0.05, 0) is 93.5 Å². The zero-order valence-corrected chi connectivity index (χ0v) is 40.2. The van der Waals surface area contributed by atoms with Crippen molar-refractivity contribution in [2.45, 2.75) is 119 Å². The van der Waals surface area contributed by atoms with E-state index in [2.05, 4.69) is 57.4 Å². The topological polar surface area (TPSA) is 166 Å². The van der Waals surface area contributed by atoms with Crippen LogP contribution in [0.1, 0.15) is 94.5 Å². The quantitative estimate of drug-likeness (QED) is 0.154. The number of aliphatic hydroxyl groups is 1. The summed E-state index contributed by atoms with van der Waals surface area (Å²) in [5.74, 6) is -1.54. The minimum atomic E-state index is -2.32. The van der Waals surface area contributed by atoms with Gasteiger partial charge >= 0.3 is 23.9 Å². The van der Waals surface area contributed by atoms with Crippen LogP contribution in [0.2, 0.25) is 0 Å². The first kappa shape index (κ1) is 45.7. The highest BCUT2D eigenvalue weighted by Crippen LogP contribution is 2.68. The molecule has 10 rings (SSSR count). The first-order valence-electron chi connectivity index (χ1n) is 24.5. The van der Waals surface area contributed by atoms with E-state index in [1.165, 1.54) is 21.1 Å². The molecule has 67 heavy (non-hydrogen) atoms. The number of methoxy groups -OCH3 is 3. The van der Waals surface area contributed by atoms with E-state index < -0.39 is 57.4 Å². The Labute approximate surface area is 393 Å². The van der Waals surface area contributed by atoms with Crippen LogP contribution in [-0.4, -0.2) is 152 Å². The molecule has 1 aromatic heterocycles. The van der Waals surface area contributed by atoms with E-state index in [1.807, 2.05) is 42.0 Å². The molecule has 2 bridgehead atoms. The molecule has 360 valence electrons. The van der Waals surface area contributed by atoms with Crippen LogP contribution in [0.15, 0.2) is 48.6 Å². The van der Waals surface area contributed by atoms with Crippen molar-refractivity contribution in [2.24, 2.45) is 11.3 Å². The van der Waals surface area contributed by atoms with E-state index in [9.17, 15) is 19.5 Å². The predicted octanol–water partition coefficient (Wildman–Crippen LogP) is 5.19. The molecule has 10 atom stereocenters. The second kappa shape index (κ2) is 16.5. The van der Waals surface area contributed by atoms with E-state index in [1.54, 1.807) is 7.11 Å². The summed E-state index contributed by atoms with van der Waals surface area (Å²) in [6, 6.07) is 11.0. The van der Waals surface area contributed by atoms with Gasteiger partial charge in [-0.3, -0.25) is 14.5 Å². The third-order valence-corrected chi connectivity index (χ3v) is 17.7. The summed E-state index contributed by atoms with van der Waals surface area (Å²) in [4.78, 5) is 70.1. The number of benzene rings is 2. The summed E-state index contributed by atoms with van der Waals surface area (Å²) in [6.45, 7) is 10.4. The van der Waals surface area contributed by atoms with Gasteiger partial charge in [-0.25, -0.2) is 9.59 Å². The molecule has 2 amide bonds. The molecule has 7 heterocycles. The summed E-state index contributed by atoms with van der Waals surface area (Å²) in [6.07, 6.45) is 9.35. The first-order chi connectivity index (χ1) is 32.2. The number of aromatic amines is 1. The van der Waals surface area contributed by atoms with Crippen molar-refractivity contribution in [3.63, 3.8) is 0 Å². The number of anilines is 1. The zero-order chi connectivity index (χ0) is 47.3. The molecule has 1 unspecified atom stereocenters. The monoisotopic (exact) mass is 921 g/mol. The summed E-state index contributed by atoms with van der Waals surface area (Å²) in [5, 5.41) is 18.1. The number of urea groups is 1. The highest BCUT2D eigenvalue weighted by atomic mass is 16.6. The zero-order valence-electron chi connectivity index (χ0n) is 40.2. The van der Waals surface area contributed by atoms with Crippen molar-refractivity contribution in [1.82, 2.24) is 25.0 Å². The number of likely N-dealkylation sites (N-methyl/N-ethyl adjacent to an activating group) is 1. The van der Waals surface area contributed by atoms with Crippen LogP contribution in [0.25, 0.3) is 10.9 Å². The molecule has 15 nitrogen and oxygen atoms in total. The number of ether oxygens (including phenoxy) is 4. The van der Waals surface area contributed by atoms with Gasteiger partial charge in [0.1, 0.15) is 11.2 Å². The normalized spacial score (nSPS) is 35.3. The molecule has 2 aromatic carbocycles. The molecule has 3 aromatic rings. The third kappa shape index (κ3) is 6.38. The fourth-order valence-electron chi connectivity index (χ4n) is 15.1. The van der Waals surface area contributed by atoms with Gasteiger partial charge in [0.25, 0.3) is 0 Å². The van der Waals surface area contributed by atoms with Gasteiger partial charge in [-0.1, -0.05) is 44.2 Å². The van der Waals surface area contributed by atoms with Crippen LogP contribution in [0.3, 0.4) is 0 Å². The van der Waals surface area contributed by atoms with Gasteiger partial charge in [0.05, 0.1) is 32.9 Å². The Morgan fingerprint density at radius 1 is 0.910 bits per heavy atom. The summed E-state index contributed by atoms with van der Waals surface area (Å²) < 4.78 is 24.3. The SMILES string of the molecule is CC[C@]1(NC(=O)N2CCCCC2)C[C@@H]2CN(CCc3c([nH]c4ccccc34)[C@@](C(=O)OC)(c3cc4c(cc3OC)N(C)[C@H]3[C@@](O)(C(=O)OC)[C@H](OC(C)=O)[C@]5(CC)C=CCN6CC[C@]43[C@@H]65)C2)C1. The van der Waals surface area contributed by atoms with Crippen molar-refractivity contribution in [1.29, 1.82) is 0 Å². The van der Waals surface area contributed by atoms with E-state index in [0.717, 1.165) is 85.3 Å². The van der Waals surface area contributed by atoms with Crippen LogP contribution < -0.4 is 15.0 Å². The fraction of sp³-hybridized carbons (Fsp3) is 0.615. The van der Waals surface area contributed by atoms with Crippen LogP contribution in [0.5, 0.6) is 5.75 Å². The average molecular weight is 921 g/mol. The maximum absolute atomic E-state index is 15.7. The molecular formula is C52H68N6O9. The standard InChI is InChI=1S/C52H68N6O9/c1-8-48(54-47(62)58-21-13-10-14-22-58)28-33-29-51(45(60)65-6,41-35(18-24-56(30-33)31-48)34-16-11-12-17-38(34)53-41)37-26-36-39(27-40(37)64-5)55(4)43-50(36)20-25-57-23-15-19-49(9-2,42(50)57)44(67-32(3)59)52(43,63)46(61)66-7/h11-12,15-17,19,26-27,33,42-44,53,63H,8-10,13-14,18,20-25,28-31H2,1-7H3,(H,54,62)/t33-,42-,43+,44+,48-,49+,50+,51-,52-/m0/s1. The van der Waals surface area contributed by atoms with Crippen LogP contribution in [0, 0.1) is 11.3 Å². The fourth-order valence-corrected chi connectivity index (χ4v) is 15.1. The van der Waals surface area contributed by atoms with Crippen LogP contribution in [-0.2, 0) is 45.8 Å². The van der Waals surface area contributed by atoms with Crippen molar-refractivity contribution in [3.8, 4) is 5.75 Å². The van der Waals surface area contributed by atoms with Gasteiger partial charge in [-0.15, -0.1) is 0 Å². The second-order valence-corrected chi connectivity index (χ2v) is 20.7. The average Bonchev–Trinajstić information content (AvgIpc) is 4.00. The maximum atomic E-state index is 15.7. The Morgan fingerprint density at radius 2 is 1.67 bits per heavy atom. The number of hydrogen-bond acceptors (Lipinski definition) is 12. The number of para-hydroxylation sites is 1. The largest absolute Gasteiger partial charge is 0.496 e. The molecule has 1 saturated carbocycles. The molecule has 3 saturated heterocycles. The summed E-state index contributed by atoms with van der Waals surface area (Å²) in [7, 11) is 6.21. The number of rotatable bonds is 8. The Morgan fingerprint density at radius 3 is 2.37 bits per heavy atom. The molecule has 4 fully saturated rings. The van der Waals surface area contributed by atoms with Crippen molar-refractivity contribution in [3.05, 3.63) is 70.9 Å². The number of hydrogen-bond donors (Lipinski definition) is 3. The van der Waals surface area contributed by atoms with Gasteiger partial charge in [0.15, 0.2) is 6.10 Å². The molecule has 0 radical (unpaired) electrons. The highest BCUT2D eigenvalue weighted by molar-refractivity contribution is 5.95. The Bertz CT molecular complexity index is 2520. The molecule has 6 aliphatic heterocycles. The number of carbonyl (C=O) groups is 4. The number of piperidine rings is 2. The smallest absolute Gasteiger partial charge is 0.344 e. The lowest BCUT2D eigenvalue weighted by Crippen LogP contribution is -2.81. The molecule has 1 spiro atoms. The summed E-state index contributed by atoms with van der Waals surface area (Å²) in [5.41, 5.74) is -1.29. The lowest BCUT2D eigenvalue weighted by atomic mass is 9.47. The highest BCUT2D eigenvalue weighted by Gasteiger charge is 2.80. The lowest BCUT2D eigenvalue weighted by Gasteiger charge is -2.63. The van der Waals surface area contributed by atoms with E-state index in [-0.39, 0.29) is 18.0 Å².